The van der Waals surface area contributed by atoms with E-state index in [1.807, 2.05) is 0 Å². The summed E-state index contributed by atoms with van der Waals surface area (Å²) in [4.78, 5) is 36.9. The van der Waals surface area contributed by atoms with Gasteiger partial charge < -0.3 is 9.47 Å². The fourth-order valence-electron chi connectivity index (χ4n) is 2.58. The zero-order valence-electron chi connectivity index (χ0n) is 14.7. The smallest absolute Gasteiger partial charge is 0.298 e. The van der Waals surface area contributed by atoms with Gasteiger partial charge in [0.15, 0.2) is 11.5 Å². The van der Waals surface area contributed by atoms with Gasteiger partial charge in [-0.15, -0.1) is 0 Å². The molecule has 2 amide bonds. The Balaban J connectivity index is 2.04. The van der Waals surface area contributed by atoms with Gasteiger partial charge in [-0.05, 0) is 48.2 Å². The van der Waals surface area contributed by atoms with Crippen LogP contribution in [0.1, 0.15) is 5.56 Å². The van der Waals surface area contributed by atoms with Crippen LogP contribution in [0.4, 0.5) is 16.2 Å². The SMILES string of the molecule is COc1cc(/C=C2\SC(=O)N(c3ccc(Cl)cc3)C2=O)c([N+](=O)[O-])cc1OC. The lowest BCUT2D eigenvalue weighted by Gasteiger charge is -2.12. The lowest BCUT2D eigenvalue weighted by atomic mass is 10.1. The van der Waals surface area contributed by atoms with E-state index >= 15 is 0 Å². The topological polar surface area (TPSA) is 99.0 Å². The summed E-state index contributed by atoms with van der Waals surface area (Å²) in [5.41, 5.74) is 0.192. The molecule has 0 saturated carbocycles. The maximum atomic E-state index is 12.7. The Labute approximate surface area is 168 Å². The first-order chi connectivity index (χ1) is 13.3. The van der Waals surface area contributed by atoms with E-state index in [9.17, 15) is 19.7 Å². The van der Waals surface area contributed by atoms with Gasteiger partial charge in [-0.2, -0.15) is 0 Å². The van der Waals surface area contributed by atoms with Crippen LogP contribution >= 0.6 is 23.4 Å². The third-order valence-electron chi connectivity index (χ3n) is 3.89. The van der Waals surface area contributed by atoms with Crippen molar-refractivity contribution >= 4 is 52.0 Å². The van der Waals surface area contributed by atoms with Gasteiger partial charge in [-0.3, -0.25) is 19.7 Å². The maximum Gasteiger partial charge on any atom is 0.298 e. The van der Waals surface area contributed by atoms with Gasteiger partial charge in [0.25, 0.3) is 16.8 Å². The molecule has 1 saturated heterocycles. The van der Waals surface area contributed by atoms with Gasteiger partial charge >= 0.3 is 0 Å². The summed E-state index contributed by atoms with van der Waals surface area (Å²) in [6.07, 6.45) is 1.29. The minimum absolute atomic E-state index is 0.0512. The molecule has 3 rings (SSSR count). The van der Waals surface area contributed by atoms with Crippen LogP contribution in [0.5, 0.6) is 11.5 Å². The quantitative estimate of drug-likeness (QED) is 0.398. The van der Waals surface area contributed by atoms with Gasteiger partial charge in [0.05, 0.1) is 41.4 Å². The molecule has 0 unspecified atom stereocenters. The van der Waals surface area contributed by atoms with Gasteiger partial charge in [0, 0.05) is 5.02 Å². The fraction of sp³-hybridized carbons (Fsp3) is 0.111. The number of nitro benzene ring substituents is 1. The van der Waals surface area contributed by atoms with Crippen molar-refractivity contribution in [1.82, 2.24) is 0 Å². The van der Waals surface area contributed by atoms with E-state index in [4.69, 9.17) is 21.1 Å². The number of carbonyl (C=O) groups is 2. The molecule has 1 aliphatic heterocycles. The average Bonchev–Trinajstić information content (AvgIpc) is 2.95. The van der Waals surface area contributed by atoms with E-state index in [2.05, 4.69) is 0 Å². The molecule has 0 aliphatic carbocycles. The number of hydrogen-bond acceptors (Lipinski definition) is 7. The molecule has 144 valence electrons. The van der Waals surface area contributed by atoms with Crippen molar-refractivity contribution in [2.24, 2.45) is 0 Å². The van der Waals surface area contributed by atoms with Crippen LogP contribution < -0.4 is 14.4 Å². The number of nitro groups is 1. The van der Waals surface area contributed by atoms with Crippen molar-refractivity contribution in [2.75, 3.05) is 19.1 Å². The number of carbonyl (C=O) groups excluding carboxylic acids is 2. The highest BCUT2D eigenvalue weighted by atomic mass is 35.5. The Morgan fingerprint density at radius 1 is 1.11 bits per heavy atom. The highest BCUT2D eigenvalue weighted by molar-refractivity contribution is 8.19. The fourth-order valence-corrected chi connectivity index (χ4v) is 3.54. The predicted octanol–water partition coefficient (Wildman–Crippen LogP) is 4.51. The minimum atomic E-state index is -0.600. The van der Waals surface area contributed by atoms with Crippen LogP contribution in [0, 0.1) is 10.1 Å². The van der Waals surface area contributed by atoms with Crippen LogP contribution in [-0.2, 0) is 4.79 Å². The summed E-state index contributed by atoms with van der Waals surface area (Å²) in [5.74, 6) is -0.140. The Morgan fingerprint density at radius 3 is 2.29 bits per heavy atom. The summed E-state index contributed by atoms with van der Waals surface area (Å²) < 4.78 is 10.2. The number of rotatable bonds is 5. The monoisotopic (exact) mass is 420 g/mol. The average molecular weight is 421 g/mol. The van der Waals surface area contributed by atoms with E-state index in [0.29, 0.717) is 22.5 Å². The van der Waals surface area contributed by atoms with Crippen LogP contribution in [0.3, 0.4) is 0 Å². The number of halogens is 1. The van der Waals surface area contributed by atoms with Crippen molar-refractivity contribution in [3.8, 4) is 11.5 Å². The number of amides is 2. The molecule has 0 radical (unpaired) electrons. The van der Waals surface area contributed by atoms with Gasteiger partial charge in [0.1, 0.15) is 0 Å². The van der Waals surface area contributed by atoms with E-state index < -0.39 is 16.1 Å². The van der Waals surface area contributed by atoms with Crippen LogP contribution in [-0.4, -0.2) is 30.3 Å². The van der Waals surface area contributed by atoms with Crippen molar-refractivity contribution in [3.63, 3.8) is 0 Å². The molecule has 10 heteroatoms. The summed E-state index contributed by atoms with van der Waals surface area (Å²) >= 11 is 6.53. The summed E-state index contributed by atoms with van der Waals surface area (Å²) in [5, 5.41) is 11.4. The molecule has 0 bridgehead atoms. The third-order valence-corrected chi connectivity index (χ3v) is 5.02. The summed E-state index contributed by atoms with van der Waals surface area (Å²) in [6, 6.07) is 8.79. The Kier molecular flexibility index (Phi) is 5.57. The van der Waals surface area contributed by atoms with E-state index in [1.165, 1.54) is 32.4 Å². The number of thioether (sulfide) groups is 1. The molecule has 0 aromatic heterocycles. The number of nitrogens with zero attached hydrogens (tertiary/aromatic N) is 2. The Hall–Kier alpha value is -3.04. The molecule has 28 heavy (non-hydrogen) atoms. The normalized spacial score (nSPS) is 15.2. The molecule has 1 fully saturated rings. The molecule has 1 heterocycles. The first-order valence-electron chi connectivity index (χ1n) is 7.79. The van der Waals surface area contributed by atoms with Crippen LogP contribution in [0.15, 0.2) is 41.3 Å². The lowest BCUT2D eigenvalue weighted by molar-refractivity contribution is -0.385. The van der Waals surface area contributed by atoms with Gasteiger partial charge in [0.2, 0.25) is 0 Å². The zero-order valence-corrected chi connectivity index (χ0v) is 16.2. The molecule has 2 aromatic rings. The largest absolute Gasteiger partial charge is 0.493 e. The molecule has 8 nitrogen and oxygen atoms in total. The summed E-state index contributed by atoms with van der Waals surface area (Å²) in [6.45, 7) is 0. The van der Waals surface area contributed by atoms with Gasteiger partial charge in [-0.25, -0.2) is 4.90 Å². The van der Waals surface area contributed by atoms with Crippen LogP contribution in [0.2, 0.25) is 5.02 Å². The van der Waals surface area contributed by atoms with Gasteiger partial charge in [-0.1, -0.05) is 11.6 Å². The number of benzene rings is 2. The molecule has 0 spiro atoms. The molecule has 0 atom stereocenters. The molecular weight excluding hydrogens is 408 g/mol. The number of hydrogen-bond donors (Lipinski definition) is 0. The standard InChI is InChI=1S/C18H13ClN2O6S/c1-26-14-7-10(13(21(24)25)9-15(14)27-2)8-16-17(22)20(18(23)28-16)12-5-3-11(19)4-6-12/h3-9H,1-2H3/b16-8-. The predicted molar refractivity (Wildman–Crippen MR) is 106 cm³/mol. The van der Waals surface area contributed by atoms with Crippen LogP contribution in [0.25, 0.3) is 6.08 Å². The summed E-state index contributed by atoms with van der Waals surface area (Å²) in [7, 11) is 2.75. The second-order valence-corrected chi connectivity index (χ2v) is 6.95. The number of imide groups is 1. The molecule has 1 aliphatic rings. The zero-order chi connectivity index (χ0) is 20.4. The molecule has 0 N–H and O–H groups in total. The Morgan fingerprint density at radius 2 is 1.71 bits per heavy atom. The van der Waals surface area contributed by atoms with Crippen molar-refractivity contribution in [1.29, 1.82) is 0 Å². The highest BCUT2D eigenvalue weighted by Gasteiger charge is 2.37. The second-order valence-electron chi connectivity index (χ2n) is 5.52. The number of methoxy groups -OCH3 is 2. The molecule has 2 aromatic carbocycles. The maximum absolute atomic E-state index is 12.7. The van der Waals surface area contributed by atoms with Crippen molar-refractivity contribution < 1.29 is 24.0 Å². The van der Waals surface area contributed by atoms with E-state index in [-0.39, 0.29) is 27.7 Å². The highest BCUT2D eigenvalue weighted by Crippen LogP contribution is 2.40. The second kappa shape index (κ2) is 7.91. The van der Waals surface area contributed by atoms with Crippen molar-refractivity contribution in [2.45, 2.75) is 0 Å². The van der Waals surface area contributed by atoms with E-state index in [0.717, 1.165) is 4.90 Å². The van der Waals surface area contributed by atoms with E-state index in [1.54, 1.807) is 24.3 Å². The third kappa shape index (κ3) is 3.67. The Bertz CT molecular complexity index is 1010. The molecular formula is C18H13ClN2O6S. The minimum Gasteiger partial charge on any atom is -0.493 e. The lowest BCUT2D eigenvalue weighted by Crippen LogP contribution is -2.27. The number of ether oxygens (including phenoxy) is 2. The van der Waals surface area contributed by atoms with Crippen molar-refractivity contribution in [3.05, 3.63) is 62.0 Å². The first kappa shape index (κ1) is 19.7. The number of anilines is 1. The first-order valence-corrected chi connectivity index (χ1v) is 8.99.